The Balaban J connectivity index is 0.00000192. The van der Waals surface area contributed by atoms with Crippen LogP contribution >= 0.6 is 12.4 Å². The van der Waals surface area contributed by atoms with Crippen LogP contribution in [-0.4, -0.2) is 49.0 Å². The van der Waals surface area contributed by atoms with E-state index >= 15 is 0 Å². The number of piperidine rings is 1. The lowest BCUT2D eigenvalue weighted by atomic mass is 10.0. The molecule has 2 fully saturated rings. The van der Waals surface area contributed by atoms with Gasteiger partial charge in [-0.15, -0.1) is 12.4 Å². The van der Waals surface area contributed by atoms with E-state index in [1.54, 1.807) is 7.11 Å². The summed E-state index contributed by atoms with van der Waals surface area (Å²) in [5.74, 6) is -0.0637. The Labute approximate surface area is 143 Å². The number of amides is 1. The van der Waals surface area contributed by atoms with E-state index in [0.29, 0.717) is 11.7 Å². The summed E-state index contributed by atoms with van der Waals surface area (Å²) in [6, 6.07) is 2.19. The highest BCUT2D eigenvalue weighted by atomic mass is 35.5. The summed E-state index contributed by atoms with van der Waals surface area (Å²) in [7, 11) is 1.72. The number of nitrogens with one attached hydrogen (secondary N) is 2. The standard InChI is InChI=1S/C16H26N4O2.ClH/c1-22-10-7-16(5-6-16)12-18-15(21)14-4-9-20(19-14)13-3-2-8-17-11-13;/h4,9,13,17H,2-3,5-8,10-12H2,1H3,(H,18,21);1H. The molecule has 130 valence electrons. The van der Waals surface area contributed by atoms with Crippen molar-refractivity contribution in [2.24, 2.45) is 5.41 Å². The van der Waals surface area contributed by atoms with Crippen molar-refractivity contribution >= 4 is 18.3 Å². The largest absolute Gasteiger partial charge is 0.385 e. The molecule has 6 nitrogen and oxygen atoms in total. The maximum absolute atomic E-state index is 12.3. The van der Waals surface area contributed by atoms with E-state index in [4.69, 9.17) is 4.74 Å². The lowest BCUT2D eigenvalue weighted by Crippen LogP contribution is -2.33. The monoisotopic (exact) mass is 342 g/mol. The Morgan fingerprint density at radius 1 is 1.57 bits per heavy atom. The van der Waals surface area contributed by atoms with Gasteiger partial charge >= 0.3 is 0 Å². The van der Waals surface area contributed by atoms with Crippen molar-refractivity contribution in [3.8, 4) is 0 Å². The predicted molar refractivity (Wildman–Crippen MR) is 91.1 cm³/mol. The van der Waals surface area contributed by atoms with Crippen LogP contribution in [0, 0.1) is 5.41 Å². The molecule has 0 aromatic carbocycles. The maximum atomic E-state index is 12.3. The van der Waals surface area contributed by atoms with Crippen LogP contribution in [0.15, 0.2) is 12.3 Å². The first-order chi connectivity index (χ1) is 10.7. The number of rotatable bonds is 7. The molecule has 7 heteroatoms. The summed E-state index contributed by atoms with van der Waals surface area (Å²) in [5.41, 5.74) is 0.787. The fourth-order valence-corrected chi connectivity index (χ4v) is 3.09. The molecular formula is C16H27ClN4O2. The number of carbonyl (C=O) groups excluding carboxylic acids is 1. The fraction of sp³-hybridized carbons (Fsp3) is 0.750. The first kappa shape index (κ1) is 18.2. The minimum absolute atomic E-state index is 0. The number of halogens is 1. The van der Waals surface area contributed by atoms with E-state index in [1.807, 2.05) is 16.9 Å². The molecule has 2 heterocycles. The van der Waals surface area contributed by atoms with Gasteiger partial charge in [0.05, 0.1) is 6.04 Å². The molecular weight excluding hydrogens is 316 g/mol. The van der Waals surface area contributed by atoms with E-state index in [1.165, 1.54) is 12.8 Å². The molecule has 2 aliphatic rings. The van der Waals surface area contributed by atoms with Gasteiger partial charge in [0.15, 0.2) is 0 Å². The number of hydrogen-bond donors (Lipinski definition) is 2. The molecule has 1 saturated heterocycles. The van der Waals surface area contributed by atoms with Gasteiger partial charge in [-0.05, 0) is 50.1 Å². The predicted octanol–water partition coefficient (Wildman–Crippen LogP) is 1.78. The summed E-state index contributed by atoms with van der Waals surface area (Å²) >= 11 is 0. The van der Waals surface area contributed by atoms with Crippen molar-refractivity contribution in [3.05, 3.63) is 18.0 Å². The highest BCUT2D eigenvalue weighted by Crippen LogP contribution is 2.48. The van der Waals surface area contributed by atoms with Crippen LogP contribution in [0.2, 0.25) is 0 Å². The second-order valence-corrected chi connectivity index (χ2v) is 6.61. The second-order valence-electron chi connectivity index (χ2n) is 6.61. The molecule has 23 heavy (non-hydrogen) atoms. The molecule has 1 aromatic heterocycles. The van der Waals surface area contributed by atoms with Gasteiger partial charge in [-0.2, -0.15) is 5.10 Å². The minimum Gasteiger partial charge on any atom is -0.385 e. The van der Waals surface area contributed by atoms with E-state index in [9.17, 15) is 4.79 Å². The first-order valence-electron chi connectivity index (χ1n) is 8.25. The quantitative estimate of drug-likeness (QED) is 0.792. The average molecular weight is 343 g/mol. The summed E-state index contributed by atoms with van der Waals surface area (Å²) < 4.78 is 7.07. The summed E-state index contributed by atoms with van der Waals surface area (Å²) in [6.07, 6.45) is 7.58. The number of nitrogens with zero attached hydrogens (tertiary/aromatic N) is 2. The number of aromatic nitrogens is 2. The zero-order chi connectivity index (χ0) is 15.4. The van der Waals surface area contributed by atoms with Gasteiger partial charge in [-0.25, -0.2) is 0 Å². The third-order valence-electron chi connectivity index (χ3n) is 4.90. The highest BCUT2D eigenvalue weighted by molar-refractivity contribution is 5.92. The van der Waals surface area contributed by atoms with E-state index in [0.717, 1.165) is 45.5 Å². The van der Waals surface area contributed by atoms with Crippen LogP contribution in [0.25, 0.3) is 0 Å². The molecule has 1 aliphatic carbocycles. The Morgan fingerprint density at radius 3 is 3.04 bits per heavy atom. The third kappa shape index (κ3) is 4.68. The first-order valence-corrected chi connectivity index (χ1v) is 8.25. The third-order valence-corrected chi connectivity index (χ3v) is 4.90. The van der Waals surface area contributed by atoms with Crippen LogP contribution in [0.5, 0.6) is 0 Å². The van der Waals surface area contributed by atoms with Crippen LogP contribution in [0.4, 0.5) is 0 Å². The Kier molecular flexibility index (Phi) is 6.44. The van der Waals surface area contributed by atoms with Gasteiger partial charge in [0.1, 0.15) is 5.69 Å². The number of carbonyl (C=O) groups is 1. The maximum Gasteiger partial charge on any atom is 0.271 e. The minimum atomic E-state index is -0.0637. The van der Waals surface area contributed by atoms with E-state index in [-0.39, 0.29) is 23.7 Å². The van der Waals surface area contributed by atoms with Crippen molar-refractivity contribution in [1.82, 2.24) is 20.4 Å². The average Bonchev–Trinajstić information content (AvgIpc) is 3.16. The van der Waals surface area contributed by atoms with Crippen LogP contribution in [-0.2, 0) is 4.74 Å². The number of methoxy groups -OCH3 is 1. The molecule has 2 N–H and O–H groups in total. The van der Waals surface area contributed by atoms with E-state index in [2.05, 4.69) is 15.7 Å². The van der Waals surface area contributed by atoms with Gasteiger partial charge in [0.2, 0.25) is 0 Å². The fourth-order valence-electron chi connectivity index (χ4n) is 3.09. The van der Waals surface area contributed by atoms with Crippen molar-refractivity contribution < 1.29 is 9.53 Å². The number of ether oxygens (including phenoxy) is 1. The molecule has 0 radical (unpaired) electrons. The zero-order valence-electron chi connectivity index (χ0n) is 13.7. The lowest BCUT2D eigenvalue weighted by Gasteiger charge is -2.22. The molecule has 1 unspecified atom stereocenters. The van der Waals surface area contributed by atoms with Crippen LogP contribution in [0.1, 0.15) is 48.6 Å². The lowest BCUT2D eigenvalue weighted by molar-refractivity contribution is 0.0931. The Bertz CT molecular complexity index is 510. The summed E-state index contributed by atoms with van der Waals surface area (Å²) in [4.78, 5) is 12.3. The smallest absolute Gasteiger partial charge is 0.271 e. The van der Waals surface area contributed by atoms with Crippen LogP contribution in [0.3, 0.4) is 0 Å². The molecule has 1 atom stereocenters. The van der Waals surface area contributed by atoms with E-state index < -0.39 is 0 Å². The van der Waals surface area contributed by atoms with Crippen molar-refractivity contribution in [1.29, 1.82) is 0 Å². The number of hydrogen-bond acceptors (Lipinski definition) is 4. The summed E-state index contributed by atoms with van der Waals surface area (Å²) in [6.45, 7) is 3.50. The summed E-state index contributed by atoms with van der Waals surface area (Å²) in [5, 5.41) is 10.9. The molecule has 1 aliphatic heterocycles. The van der Waals surface area contributed by atoms with Crippen molar-refractivity contribution in [2.75, 3.05) is 33.4 Å². The van der Waals surface area contributed by atoms with Crippen molar-refractivity contribution in [2.45, 2.75) is 38.1 Å². The Hall–Kier alpha value is -1.11. The molecule has 1 amide bonds. The van der Waals surface area contributed by atoms with Gasteiger partial charge in [0, 0.05) is 33.0 Å². The Morgan fingerprint density at radius 2 is 2.39 bits per heavy atom. The molecule has 3 rings (SSSR count). The van der Waals surface area contributed by atoms with Gasteiger partial charge in [0.25, 0.3) is 5.91 Å². The van der Waals surface area contributed by atoms with Crippen LogP contribution < -0.4 is 10.6 Å². The molecule has 1 saturated carbocycles. The zero-order valence-corrected chi connectivity index (χ0v) is 14.5. The SMILES string of the molecule is COCCC1(CNC(=O)c2ccn(C3CCCNC3)n2)CC1.Cl. The van der Waals surface area contributed by atoms with Gasteiger partial charge < -0.3 is 15.4 Å². The molecule has 1 aromatic rings. The highest BCUT2D eigenvalue weighted by Gasteiger charge is 2.42. The normalized spacial score (nSPS) is 22.2. The van der Waals surface area contributed by atoms with Gasteiger partial charge in [-0.3, -0.25) is 9.48 Å². The molecule has 0 spiro atoms. The second kappa shape index (κ2) is 8.13. The topological polar surface area (TPSA) is 68.2 Å². The molecule has 0 bridgehead atoms. The van der Waals surface area contributed by atoms with Crippen molar-refractivity contribution in [3.63, 3.8) is 0 Å². The van der Waals surface area contributed by atoms with Gasteiger partial charge in [-0.1, -0.05) is 0 Å².